The van der Waals surface area contributed by atoms with Gasteiger partial charge in [0.05, 0.1) is 0 Å². The van der Waals surface area contributed by atoms with Gasteiger partial charge in [-0.2, -0.15) is 5.84 Å². The second-order valence-corrected chi connectivity index (χ2v) is 0.0913. The van der Waals surface area contributed by atoms with Crippen LogP contribution in [0.1, 0.15) is 0 Å². The molecule has 30 valence electrons. The summed E-state index contributed by atoms with van der Waals surface area (Å²) in [6.45, 7) is 0. The third-order valence-corrected chi connectivity index (χ3v) is 0. The molecule has 4 nitrogen and oxygen atoms in total. The Hall–Kier alpha value is -0.700. The second-order valence-electron chi connectivity index (χ2n) is 0.0913. The fraction of sp³-hybridized carbons (Fsp3) is 0. The van der Waals surface area contributed by atoms with Crippen LogP contribution in [0.3, 0.4) is 0 Å². The summed E-state index contributed by atoms with van der Waals surface area (Å²) in [5.41, 5.74) is 0. The van der Waals surface area contributed by atoms with E-state index in [1.807, 2.05) is 0 Å². The molecule has 0 bridgehead atoms. The van der Waals surface area contributed by atoms with Crippen molar-refractivity contribution >= 4 is 6.08 Å². The molecule has 0 unspecified atom stereocenters. The van der Waals surface area contributed by atoms with Crippen LogP contribution in [0.2, 0.25) is 0 Å². The molecule has 4 heteroatoms. The van der Waals surface area contributed by atoms with Crippen molar-refractivity contribution < 1.29 is 10.6 Å². The molecule has 0 saturated heterocycles. The van der Waals surface area contributed by atoms with Crippen LogP contribution in [0.4, 0.5) is 0 Å². The topological polar surface area (TPSA) is 93.0 Å². The Morgan fingerprint density at radius 2 is 1.80 bits per heavy atom. The van der Waals surface area contributed by atoms with Crippen LogP contribution in [0, 0.1) is 0 Å². The highest BCUT2D eigenvalue weighted by atomic mass is 16.1. The largest absolute Gasteiger partial charge is 0.724 e. The van der Waals surface area contributed by atoms with Crippen LogP contribution in [0.25, 0.3) is 5.41 Å². The van der Waals surface area contributed by atoms with Crippen LogP contribution in [0.5, 0.6) is 0 Å². The summed E-state index contributed by atoms with van der Waals surface area (Å²) in [4.78, 5) is 8.24. The zero-order valence-electron chi connectivity index (χ0n) is 2.64. The van der Waals surface area contributed by atoms with E-state index in [0.29, 0.717) is 6.08 Å². The Morgan fingerprint density at radius 3 is 1.80 bits per heavy atom. The van der Waals surface area contributed by atoms with Crippen molar-refractivity contribution in [2.75, 3.05) is 0 Å². The summed E-state index contributed by atoms with van der Waals surface area (Å²) in [5.74, 6) is 7.00. The second kappa shape index (κ2) is 194. The van der Waals surface area contributed by atoms with Crippen LogP contribution in [-0.4, -0.2) is 6.08 Å². The van der Waals surface area contributed by atoms with Crippen molar-refractivity contribution in [2.24, 2.45) is 5.84 Å². The van der Waals surface area contributed by atoms with Crippen molar-refractivity contribution in [3.63, 3.8) is 0 Å². The fourth-order valence-electron chi connectivity index (χ4n) is 0. The Morgan fingerprint density at radius 1 is 1.80 bits per heavy atom. The zero-order valence-corrected chi connectivity index (χ0v) is 2.64. The predicted octanol–water partition coefficient (Wildman–Crippen LogP) is -2.01. The summed E-state index contributed by atoms with van der Waals surface area (Å²) in [6.07, 6.45) is 0.500. The van der Waals surface area contributed by atoms with E-state index >= 15 is 0 Å². The lowest BCUT2D eigenvalue weighted by molar-refractivity contribution is -0.379. The Bertz CT molecular complexity index is 27.9. The molecule has 0 rings (SSSR count). The molecule has 0 aromatic carbocycles. The lowest BCUT2D eigenvalue weighted by Gasteiger charge is -1.32. The molecule has 0 aliphatic carbocycles. The molecule has 0 atom stereocenters. The number of nitrogens with two attached hydrogens (primary N) is 1. The van der Waals surface area contributed by atoms with Gasteiger partial charge in [0.2, 0.25) is 0 Å². The standard InChI is InChI=1S/CNO.H4N2/c2-1-3;1-2/h;1-2H2/q-1;/p+1. The van der Waals surface area contributed by atoms with Gasteiger partial charge >= 0.3 is 0 Å². The first-order chi connectivity index (χ1) is 2.41. The van der Waals surface area contributed by atoms with Gasteiger partial charge in [0.25, 0.3) is 0 Å². The highest BCUT2D eigenvalue weighted by Crippen LogP contribution is 0.949. The number of quaternary nitrogens is 1. The molecule has 0 spiro atoms. The normalized spacial score (nSPS) is 2.80. The van der Waals surface area contributed by atoms with Gasteiger partial charge in [-0.3, -0.25) is 10.6 Å². The lowest BCUT2D eigenvalue weighted by Crippen LogP contribution is -2.59. The average Bonchev–Trinajstić information content (AvgIpc) is 1.46. The molecule has 0 aromatic rings. The molecule has 0 aliphatic rings. The maximum atomic E-state index is 8.24. The summed E-state index contributed by atoms with van der Waals surface area (Å²) in [6, 6.07) is 0. The van der Waals surface area contributed by atoms with E-state index < -0.39 is 0 Å². The summed E-state index contributed by atoms with van der Waals surface area (Å²) in [5, 5.41) is 6.76. The smallest absolute Gasteiger partial charge is 0.0159 e. The van der Waals surface area contributed by atoms with Crippen molar-refractivity contribution in [1.82, 2.24) is 0 Å². The molecule has 0 aromatic heterocycles. The third kappa shape index (κ3) is 11.4. The minimum absolute atomic E-state index is 0.500. The SMILES string of the molecule is N[NH3+].[N-]=C=O. The van der Waals surface area contributed by atoms with Crippen LogP contribution < -0.4 is 11.7 Å². The summed E-state index contributed by atoms with van der Waals surface area (Å²) >= 11 is 0. The van der Waals surface area contributed by atoms with Crippen molar-refractivity contribution in [3.05, 3.63) is 5.41 Å². The van der Waals surface area contributed by atoms with Crippen LogP contribution in [0.15, 0.2) is 0 Å². The molecule has 5 N–H and O–H groups in total. The van der Waals surface area contributed by atoms with Gasteiger partial charge in [-0.25, -0.2) is 0 Å². The molecule has 0 saturated carbocycles. The van der Waals surface area contributed by atoms with Crippen LogP contribution in [-0.2, 0) is 4.79 Å². The van der Waals surface area contributed by atoms with Crippen molar-refractivity contribution in [3.8, 4) is 0 Å². The molecule has 0 heterocycles. The van der Waals surface area contributed by atoms with Crippen molar-refractivity contribution in [2.45, 2.75) is 0 Å². The number of carbonyl (C=O) groups excluding carboxylic acids is 1. The molecular formula is CH5N3O. The monoisotopic (exact) mass is 75.0 g/mol. The first-order valence-electron chi connectivity index (χ1n) is 0.836. The number of hydrogen-bond donors (Lipinski definition) is 2. The van der Waals surface area contributed by atoms with Gasteiger partial charge in [0.1, 0.15) is 0 Å². The van der Waals surface area contributed by atoms with Crippen molar-refractivity contribution in [1.29, 1.82) is 0 Å². The molecule has 0 fully saturated rings. The Balaban J connectivity index is 0. The number of nitrogens with zero attached hydrogens (tertiary/aromatic N) is 1. The highest BCUT2D eigenvalue weighted by molar-refractivity contribution is 5.36. The zero-order chi connectivity index (χ0) is 4.71. The Kier molecular flexibility index (Phi) is 343. The molecular weight excluding hydrogens is 70.0 g/mol. The average molecular weight is 75.1 g/mol. The van der Waals surface area contributed by atoms with Gasteiger partial charge in [0, 0.05) is 0 Å². The molecule has 0 radical (unpaired) electrons. The van der Waals surface area contributed by atoms with Gasteiger partial charge in [-0.15, -0.1) is 0 Å². The van der Waals surface area contributed by atoms with E-state index in [-0.39, 0.29) is 0 Å². The molecule has 0 amide bonds. The number of hydrogen-bond acceptors (Lipinski definition) is 2. The minimum Gasteiger partial charge on any atom is -0.724 e. The maximum absolute atomic E-state index is 8.24. The first-order valence-corrected chi connectivity index (χ1v) is 0.836. The van der Waals surface area contributed by atoms with Gasteiger partial charge in [0.15, 0.2) is 0 Å². The van der Waals surface area contributed by atoms with Gasteiger partial charge in [-0.1, -0.05) is 0 Å². The fourth-order valence-corrected chi connectivity index (χ4v) is 0. The van der Waals surface area contributed by atoms with E-state index in [9.17, 15) is 0 Å². The van der Waals surface area contributed by atoms with E-state index in [2.05, 4.69) is 11.7 Å². The number of isocyanates is 1. The molecule has 5 heavy (non-hydrogen) atoms. The van der Waals surface area contributed by atoms with Gasteiger partial charge < -0.3 is 5.41 Å². The minimum atomic E-state index is 0.500. The van der Waals surface area contributed by atoms with Gasteiger partial charge in [-0.05, 0) is 6.08 Å². The van der Waals surface area contributed by atoms with E-state index in [0.717, 1.165) is 0 Å². The summed E-state index contributed by atoms with van der Waals surface area (Å²) < 4.78 is 0. The van der Waals surface area contributed by atoms with E-state index in [1.165, 1.54) is 0 Å². The predicted molar refractivity (Wildman–Crippen MR) is 16.1 cm³/mol. The highest BCUT2D eigenvalue weighted by Gasteiger charge is 0.791. The Labute approximate surface area is 29.2 Å². The first kappa shape index (κ1) is 8.85. The van der Waals surface area contributed by atoms with E-state index in [1.54, 1.807) is 0 Å². The lowest BCUT2D eigenvalue weighted by atomic mass is 11.7. The third-order valence-electron chi connectivity index (χ3n) is 0. The molecule has 0 aliphatic heterocycles. The summed E-state index contributed by atoms with van der Waals surface area (Å²) in [7, 11) is 0. The van der Waals surface area contributed by atoms with E-state index in [4.69, 9.17) is 10.2 Å². The quantitative estimate of drug-likeness (QED) is 0.151. The number of rotatable bonds is 0. The van der Waals surface area contributed by atoms with Crippen LogP contribution >= 0.6 is 0 Å². The maximum Gasteiger partial charge on any atom is -0.0159 e.